The van der Waals surface area contributed by atoms with Gasteiger partial charge in [-0.05, 0) is 86.7 Å². The topological polar surface area (TPSA) is 56.8 Å². The molecular weight excluding hydrogens is 464 g/mol. The van der Waals surface area contributed by atoms with Crippen LogP contribution in [-0.2, 0) is 6.42 Å². The van der Waals surface area contributed by atoms with E-state index in [0.29, 0.717) is 29.4 Å². The Labute approximate surface area is 233 Å². The van der Waals surface area contributed by atoms with Crippen molar-refractivity contribution >= 4 is 0 Å². The van der Waals surface area contributed by atoms with Gasteiger partial charge in [0.1, 0.15) is 30.1 Å². The van der Waals surface area contributed by atoms with Gasteiger partial charge < -0.3 is 4.74 Å². The van der Waals surface area contributed by atoms with Crippen molar-refractivity contribution in [1.29, 1.82) is 10.5 Å². The zero-order valence-corrected chi connectivity index (χ0v) is 24.4. The Bertz CT molecular complexity index is 920. The molecule has 3 nitrogen and oxygen atoms in total. The van der Waals surface area contributed by atoms with Crippen molar-refractivity contribution in [2.24, 2.45) is 23.7 Å². The fourth-order valence-electron chi connectivity index (χ4n) is 6.94. The van der Waals surface area contributed by atoms with Crippen molar-refractivity contribution in [2.45, 2.75) is 129 Å². The van der Waals surface area contributed by atoms with E-state index in [1.807, 2.05) is 12.1 Å². The smallest absolute Gasteiger partial charge is 0.138 e. The molecule has 3 rings (SSSR count). The van der Waals surface area contributed by atoms with E-state index in [1.165, 1.54) is 89.9 Å². The third-order valence-electron chi connectivity index (χ3n) is 9.36. The summed E-state index contributed by atoms with van der Waals surface area (Å²) in [4.78, 5) is 0. The first-order chi connectivity index (χ1) is 18.7. The number of aryl methyl sites for hydroxylation is 1. The number of unbranched alkanes of at least 4 members (excludes halogenated alkanes) is 6. The minimum Gasteiger partial charge on any atom is -0.488 e. The molecule has 0 bridgehead atoms. The molecule has 0 unspecified atom stereocenters. The standard InChI is InChI=1S/C35H52N2O/c1-3-5-7-8-10-12-28-15-19-30(20-16-28)31-21-17-29(18-22-31)13-11-25-38-35-24-23-32(14-9-6-4-2)33(26-36)34(35)27-37/h11,13,23-24,28-31H,3-10,12,14-22,25H2,1-2H3. The van der Waals surface area contributed by atoms with E-state index in [2.05, 4.69) is 38.1 Å². The third-order valence-corrected chi connectivity index (χ3v) is 9.36. The van der Waals surface area contributed by atoms with Crippen LogP contribution < -0.4 is 4.74 Å². The predicted octanol–water partition coefficient (Wildman–Crippen LogP) is 10.1. The summed E-state index contributed by atoms with van der Waals surface area (Å²) >= 11 is 0. The number of nitriles is 2. The Balaban J connectivity index is 1.37. The van der Waals surface area contributed by atoms with E-state index in [4.69, 9.17) is 4.74 Å². The lowest BCUT2D eigenvalue weighted by atomic mass is 9.68. The minimum atomic E-state index is 0.390. The van der Waals surface area contributed by atoms with Crippen LogP contribution in [0.25, 0.3) is 0 Å². The van der Waals surface area contributed by atoms with Crippen molar-refractivity contribution in [2.75, 3.05) is 6.61 Å². The minimum absolute atomic E-state index is 0.390. The van der Waals surface area contributed by atoms with Gasteiger partial charge in [0.15, 0.2) is 0 Å². The summed E-state index contributed by atoms with van der Waals surface area (Å²) in [6.45, 7) is 4.93. The van der Waals surface area contributed by atoms with Crippen molar-refractivity contribution in [3.8, 4) is 17.9 Å². The summed E-state index contributed by atoms with van der Waals surface area (Å²) in [5.41, 5.74) is 1.85. The monoisotopic (exact) mass is 516 g/mol. The largest absolute Gasteiger partial charge is 0.488 e. The number of rotatable bonds is 15. The first kappa shape index (κ1) is 30.3. The average Bonchev–Trinajstić information content (AvgIpc) is 2.96. The van der Waals surface area contributed by atoms with Gasteiger partial charge in [0.2, 0.25) is 0 Å². The van der Waals surface area contributed by atoms with Gasteiger partial charge in [-0.25, -0.2) is 0 Å². The molecule has 1 aromatic carbocycles. The molecule has 2 fully saturated rings. The second kappa shape index (κ2) is 17.4. The second-order valence-electron chi connectivity index (χ2n) is 12.1. The summed E-state index contributed by atoms with van der Waals surface area (Å²) in [5.74, 6) is 4.12. The molecule has 0 radical (unpaired) electrons. The Morgan fingerprint density at radius 3 is 2.05 bits per heavy atom. The molecule has 3 heteroatoms. The quantitative estimate of drug-likeness (QED) is 0.172. The van der Waals surface area contributed by atoms with Crippen LogP contribution in [0, 0.1) is 46.3 Å². The van der Waals surface area contributed by atoms with E-state index in [0.717, 1.165) is 49.0 Å². The molecule has 0 heterocycles. The normalized spacial score (nSPS) is 23.7. The van der Waals surface area contributed by atoms with Crippen LogP contribution in [-0.4, -0.2) is 6.61 Å². The Morgan fingerprint density at radius 1 is 0.763 bits per heavy atom. The zero-order chi connectivity index (χ0) is 27.0. The van der Waals surface area contributed by atoms with Crippen LogP contribution >= 0.6 is 0 Å². The summed E-state index contributed by atoms with van der Waals surface area (Å²) in [6.07, 6.45) is 28.5. The summed E-state index contributed by atoms with van der Waals surface area (Å²) in [6, 6.07) is 8.32. The lowest BCUT2D eigenvalue weighted by Gasteiger charge is -2.37. The maximum Gasteiger partial charge on any atom is 0.138 e. The highest BCUT2D eigenvalue weighted by molar-refractivity contribution is 5.57. The maximum absolute atomic E-state index is 9.70. The summed E-state index contributed by atoms with van der Waals surface area (Å²) in [5, 5.41) is 19.4. The lowest BCUT2D eigenvalue weighted by molar-refractivity contribution is 0.151. The van der Waals surface area contributed by atoms with E-state index < -0.39 is 0 Å². The number of nitrogens with zero attached hydrogens (tertiary/aromatic N) is 2. The van der Waals surface area contributed by atoms with Gasteiger partial charge in [-0.1, -0.05) is 96.3 Å². The van der Waals surface area contributed by atoms with Crippen LogP contribution in [0.2, 0.25) is 0 Å². The highest BCUT2D eigenvalue weighted by Gasteiger charge is 2.30. The molecule has 0 saturated heterocycles. The maximum atomic E-state index is 9.70. The highest BCUT2D eigenvalue weighted by atomic mass is 16.5. The lowest BCUT2D eigenvalue weighted by Crippen LogP contribution is -2.25. The molecule has 2 aliphatic carbocycles. The third kappa shape index (κ3) is 9.49. The molecule has 38 heavy (non-hydrogen) atoms. The number of benzene rings is 1. The molecule has 0 aliphatic heterocycles. The van der Waals surface area contributed by atoms with Crippen LogP contribution in [0.3, 0.4) is 0 Å². The number of allylic oxidation sites excluding steroid dienone is 1. The van der Waals surface area contributed by atoms with Gasteiger partial charge in [0.05, 0.1) is 5.56 Å². The molecule has 0 N–H and O–H groups in total. The van der Waals surface area contributed by atoms with Gasteiger partial charge in [-0.3, -0.25) is 0 Å². The van der Waals surface area contributed by atoms with E-state index in [-0.39, 0.29) is 0 Å². The summed E-state index contributed by atoms with van der Waals surface area (Å²) in [7, 11) is 0. The van der Waals surface area contributed by atoms with Crippen molar-refractivity contribution < 1.29 is 4.74 Å². The van der Waals surface area contributed by atoms with Crippen LogP contribution in [0.1, 0.15) is 140 Å². The molecule has 0 aromatic heterocycles. The fraction of sp³-hybridized carbons (Fsp3) is 0.714. The molecular formula is C35H52N2O. The van der Waals surface area contributed by atoms with Gasteiger partial charge in [0.25, 0.3) is 0 Å². The van der Waals surface area contributed by atoms with Gasteiger partial charge in [0, 0.05) is 0 Å². The summed E-state index contributed by atoms with van der Waals surface area (Å²) < 4.78 is 5.96. The Morgan fingerprint density at radius 2 is 1.39 bits per heavy atom. The molecule has 0 amide bonds. The van der Waals surface area contributed by atoms with Gasteiger partial charge >= 0.3 is 0 Å². The molecule has 2 aliphatic rings. The number of ether oxygens (including phenoxy) is 1. The number of hydrogen-bond donors (Lipinski definition) is 0. The van der Waals surface area contributed by atoms with Crippen LogP contribution in [0.5, 0.6) is 5.75 Å². The fourth-order valence-corrected chi connectivity index (χ4v) is 6.94. The molecule has 0 spiro atoms. The van der Waals surface area contributed by atoms with Crippen molar-refractivity contribution in [3.05, 3.63) is 41.0 Å². The number of hydrogen-bond acceptors (Lipinski definition) is 3. The SMILES string of the molecule is CCCCCCCC1CCC(C2CCC(C=CCOc3ccc(CCCCC)c(C#N)c3C#N)CC2)CC1. The Kier molecular flexibility index (Phi) is 13.8. The van der Waals surface area contributed by atoms with E-state index >= 15 is 0 Å². The molecule has 2 saturated carbocycles. The first-order valence-corrected chi connectivity index (χ1v) is 16.0. The van der Waals surface area contributed by atoms with E-state index in [1.54, 1.807) is 0 Å². The van der Waals surface area contributed by atoms with Crippen LogP contribution in [0.15, 0.2) is 24.3 Å². The molecule has 208 valence electrons. The second-order valence-corrected chi connectivity index (χ2v) is 12.1. The Hall–Kier alpha value is -2.26. The van der Waals surface area contributed by atoms with Crippen LogP contribution in [0.4, 0.5) is 0 Å². The molecule has 1 aromatic rings. The van der Waals surface area contributed by atoms with Crippen molar-refractivity contribution in [1.82, 2.24) is 0 Å². The first-order valence-electron chi connectivity index (χ1n) is 16.0. The average molecular weight is 517 g/mol. The van der Waals surface area contributed by atoms with E-state index in [9.17, 15) is 10.5 Å². The molecule has 0 atom stereocenters. The zero-order valence-electron chi connectivity index (χ0n) is 24.4. The predicted molar refractivity (Wildman–Crippen MR) is 158 cm³/mol. The highest BCUT2D eigenvalue weighted by Crippen LogP contribution is 2.42. The van der Waals surface area contributed by atoms with Gasteiger partial charge in [-0.2, -0.15) is 10.5 Å². The van der Waals surface area contributed by atoms with Crippen molar-refractivity contribution in [3.63, 3.8) is 0 Å². The van der Waals surface area contributed by atoms with Gasteiger partial charge in [-0.15, -0.1) is 0 Å².